The third kappa shape index (κ3) is 1.40. The molecule has 0 heterocycles. The van der Waals surface area contributed by atoms with Gasteiger partial charge < -0.3 is 10.8 Å². The Morgan fingerprint density at radius 2 is 1.58 bits per heavy atom. The number of hydrogen-bond donors (Lipinski definition) is 2. The second-order valence-electron chi connectivity index (χ2n) is 4.56. The summed E-state index contributed by atoms with van der Waals surface area (Å²) in [4.78, 5) is 24.8. The van der Waals surface area contributed by atoms with Gasteiger partial charge in [-0.25, -0.2) is 0 Å². The van der Waals surface area contributed by atoms with Crippen LogP contribution in [0.15, 0.2) is 30.3 Å². The maximum absolute atomic E-state index is 12.4. The predicted octanol–water partition coefficient (Wildman–Crippen LogP) is 2.06. The van der Waals surface area contributed by atoms with Gasteiger partial charge in [0, 0.05) is 22.3 Å². The summed E-state index contributed by atoms with van der Waals surface area (Å²) in [5.74, 6) is -0.630. The molecule has 0 radical (unpaired) electrons. The van der Waals surface area contributed by atoms with Crippen molar-refractivity contribution in [2.45, 2.75) is 6.92 Å². The number of hydrogen-bond acceptors (Lipinski definition) is 4. The minimum atomic E-state index is -0.285. The third-order valence-electron chi connectivity index (χ3n) is 3.50. The van der Waals surface area contributed by atoms with Gasteiger partial charge in [0.1, 0.15) is 5.75 Å². The molecular weight excluding hydrogens is 242 g/mol. The van der Waals surface area contributed by atoms with Crippen LogP contribution in [-0.4, -0.2) is 16.7 Å². The molecule has 3 rings (SSSR count). The molecule has 1 aliphatic carbocycles. The first-order valence-electron chi connectivity index (χ1n) is 5.83. The predicted molar refractivity (Wildman–Crippen MR) is 70.6 cm³/mol. The summed E-state index contributed by atoms with van der Waals surface area (Å²) in [6, 6.07) is 7.94. The Morgan fingerprint density at radius 1 is 1.00 bits per heavy atom. The van der Waals surface area contributed by atoms with Gasteiger partial charge >= 0.3 is 0 Å². The maximum atomic E-state index is 12.4. The molecule has 0 atom stereocenters. The number of rotatable bonds is 0. The molecule has 0 amide bonds. The third-order valence-corrected chi connectivity index (χ3v) is 3.50. The zero-order valence-corrected chi connectivity index (χ0v) is 10.2. The summed E-state index contributed by atoms with van der Waals surface area (Å²) in [5.41, 5.74) is 7.54. The van der Waals surface area contributed by atoms with Crippen molar-refractivity contribution in [3.8, 4) is 5.75 Å². The molecule has 0 saturated heterocycles. The molecule has 3 N–H and O–H groups in total. The van der Waals surface area contributed by atoms with E-state index in [0.29, 0.717) is 16.7 Å². The van der Waals surface area contributed by atoms with Crippen LogP contribution in [0, 0.1) is 6.92 Å². The molecule has 1 aliphatic rings. The van der Waals surface area contributed by atoms with Gasteiger partial charge in [0.15, 0.2) is 11.6 Å². The Hall–Kier alpha value is -2.62. The normalized spacial score (nSPS) is 13.1. The Labute approximate surface area is 109 Å². The van der Waals surface area contributed by atoms with Crippen LogP contribution in [0.4, 0.5) is 5.69 Å². The van der Waals surface area contributed by atoms with Gasteiger partial charge in [-0.05, 0) is 13.0 Å². The van der Waals surface area contributed by atoms with Crippen LogP contribution in [0.1, 0.15) is 37.4 Å². The molecule has 19 heavy (non-hydrogen) atoms. The maximum Gasteiger partial charge on any atom is 0.196 e. The van der Waals surface area contributed by atoms with Crippen LogP contribution in [0.3, 0.4) is 0 Å². The molecule has 0 fully saturated rings. The Morgan fingerprint density at radius 3 is 2.21 bits per heavy atom. The van der Waals surface area contributed by atoms with Crippen molar-refractivity contribution < 1.29 is 14.7 Å². The van der Waals surface area contributed by atoms with E-state index in [1.165, 1.54) is 6.07 Å². The average molecular weight is 253 g/mol. The fourth-order valence-electron chi connectivity index (χ4n) is 2.37. The molecule has 0 aliphatic heterocycles. The van der Waals surface area contributed by atoms with Crippen LogP contribution < -0.4 is 5.73 Å². The van der Waals surface area contributed by atoms with Crippen molar-refractivity contribution in [2.75, 3.05) is 5.73 Å². The SMILES string of the molecule is Cc1c(O)cc2c(c1N)C(=O)c1ccccc1C2=O. The lowest BCUT2D eigenvalue weighted by molar-refractivity contribution is 0.0979. The summed E-state index contributed by atoms with van der Waals surface area (Å²) in [7, 11) is 0. The zero-order valence-electron chi connectivity index (χ0n) is 10.2. The lowest BCUT2D eigenvalue weighted by atomic mass is 9.82. The highest BCUT2D eigenvalue weighted by molar-refractivity contribution is 6.30. The van der Waals surface area contributed by atoms with E-state index in [1.807, 2.05) is 0 Å². The molecule has 0 spiro atoms. The molecule has 4 heteroatoms. The molecule has 2 aromatic rings. The Balaban J connectivity index is 2.40. The number of carbonyl (C=O) groups is 2. The number of anilines is 1. The van der Waals surface area contributed by atoms with E-state index in [2.05, 4.69) is 0 Å². The lowest BCUT2D eigenvalue weighted by Crippen LogP contribution is -2.22. The number of fused-ring (bicyclic) bond motifs is 2. The van der Waals surface area contributed by atoms with Gasteiger partial charge in [-0.15, -0.1) is 0 Å². The van der Waals surface area contributed by atoms with Crippen LogP contribution in [0.5, 0.6) is 5.75 Å². The van der Waals surface area contributed by atoms with E-state index >= 15 is 0 Å². The fourth-order valence-corrected chi connectivity index (χ4v) is 2.37. The van der Waals surface area contributed by atoms with Crippen molar-refractivity contribution in [1.82, 2.24) is 0 Å². The first-order chi connectivity index (χ1) is 9.02. The number of aromatic hydroxyl groups is 1. The van der Waals surface area contributed by atoms with E-state index in [1.54, 1.807) is 31.2 Å². The first-order valence-corrected chi connectivity index (χ1v) is 5.83. The van der Waals surface area contributed by atoms with Crippen molar-refractivity contribution in [2.24, 2.45) is 0 Å². The van der Waals surface area contributed by atoms with Gasteiger partial charge in [0.05, 0.1) is 11.3 Å². The highest BCUT2D eigenvalue weighted by atomic mass is 16.3. The largest absolute Gasteiger partial charge is 0.508 e. The average Bonchev–Trinajstić information content (AvgIpc) is 2.42. The molecule has 2 aromatic carbocycles. The number of phenolic OH excluding ortho intramolecular Hbond substituents is 1. The van der Waals surface area contributed by atoms with E-state index in [9.17, 15) is 14.7 Å². The summed E-state index contributed by atoms with van der Waals surface area (Å²) in [6.45, 7) is 1.61. The zero-order chi connectivity index (χ0) is 13.7. The van der Waals surface area contributed by atoms with E-state index in [4.69, 9.17) is 5.73 Å². The van der Waals surface area contributed by atoms with Crippen LogP contribution in [-0.2, 0) is 0 Å². The van der Waals surface area contributed by atoms with Gasteiger partial charge in [-0.2, -0.15) is 0 Å². The smallest absolute Gasteiger partial charge is 0.196 e. The van der Waals surface area contributed by atoms with Crippen molar-refractivity contribution in [3.05, 3.63) is 58.1 Å². The summed E-state index contributed by atoms with van der Waals surface area (Å²) in [5, 5.41) is 9.76. The number of carbonyl (C=O) groups excluding carboxylic acids is 2. The molecule has 0 unspecified atom stereocenters. The minimum Gasteiger partial charge on any atom is -0.508 e. The van der Waals surface area contributed by atoms with Crippen LogP contribution in [0.25, 0.3) is 0 Å². The highest BCUT2D eigenvalue weighted by Crippen LogP contribution is 2.36. The second-order valence-corrected chi connectivity index (χ2v) is 4.56. The first kappa shape index (κ1) is 11.5. The molecule has 94 valence electrons. The number of nitrogen functional groups attached to an aromatic ring is 1. The number of ketones is 2. The topological polar surface area (TPSA) is 80.4 Å². The number of nitrogens with two attached hydrogens (primary N) is 1. The van der Waals surface area contributed by atoms with Gasteiger partial charge in [0.25, 0.3) is 0 Å². The monoisotopic (exact) mass is 253 g/mol. The van der Waals surface area contributed by atoms with Crippen molar-refractivity contribution in [3.63, 3.8) is 0 Å². The molecular formula is C15H11NO3. The number of phenols is 1. The standard InChI is InChI=1S/C15H11NO3/c1-7-11(17)6-10-12(13(7)16)15(19)9-5-3-2-4-8(9)14(10)18/h2-6,17H,16H2,1H3. The van der Waals surface area contributed by atoms with E-state index < -0.39 is 0 Å². The molecule has 4 nitrogen and oxygen atoms in total. The summed E-state index contributed by atoms with van der Waals surface area (Å²) >= 11 is 0. The quantitative estimate of drug-likeness (QED) is 0.601. The Bertz CT molecular complexity index is 747. The Kier molecular flexibility index (Phi) is 2.22. The summed E-state index contributed by atoms with van der Waals surface area (Å²) in [6.07, 6.45) is 0. The van der Waals surface area contributed by atoms with E-state index in [-0.39, 0.29) is 34.1 Å². The minimum absolute atomic E-state index is 0.0724. The van der Waals surface area contributed by atoms with Crippen molar-refractivity contribution >= 4 is 17.3 Å². The fraction of sp³-hybridized carbons (Fsp3) is 0.0667. The molecule has 0 bridgehead atoms. The van der Waals surface area contributed by atoms with Crippen LogP contribution in [0.2, 0.25) is 0 Å². The van der Waals surface area contributed by atoms with Gasteiger partial charge in [-0.1, -0.05) is 24.3 Å². The van der Waals surface area contributed by atoms with E-state index in [0.717, 1.165) is 0 Å². The van der Waals surface area contributed by atoms with Crippen molar-refractivity contribution in [1.29, 1.82) is 0 Å². The molecule has 0 aromatic heterocycles. The van der Waals surface area contributed by atoms with Gasteiger partial charge in [-0.3, -0.25) is 9.59 Å². The van der Waals surface area contributed by atoms with Crippen LogP contribution >= 0.6 is 0 Å². The lowest BCUT2D eigenvalue weighted by Gasteiger charge is -2.20. The van der Waals surface area contributed by atoms with Gasteiger partial charge in [0.2, 0.25) is 0 Å². The highest BCUT2D eigenvalue weighted by Gasteiger charge is 2.32. The second kappa shape index (κ2) is 3.68. The molecule has 0 saturated carbocycles. The number of benzene rings is 2. The summed E-state index contributed by atoms with van der Waals surface area (Å²) < 4.78 is 0.